The molecule has 5 nitrogen and oxygen atoms in total. The molecule has 0 aliphatic carbocycles. The summed E-state index contributed by atoms with van der Waals surface area (Å²) in [5, 5.41) is 0. The molecular formula is C3H11N3O2S. The highest BCUT2D eigenvalue weighted by molar-refractivity contribution is 7.88. The van der Waals surface area contributed by atoms with E-state index in [2.05, 4.69) is 0 Å². The van der Waals surface area contributed by atoms with Gasteiger partial charge in [0.25, 0.3) is 0 Å². The fourth-order valence-electron chi connectivity index (χ4n) is 0.293. The topological polar surface area (TPSA) is 89.4 Å². The molecule has 0 radical (unpaired) electrons. The maximum atomic E-state index is 10.5. The molecule has 0 bridgehead atoms. The Morgan fingerprint density at radius 2 is 2.00 bits per heavy atom. The third kappa shape index (κ3) is 3.41. The molecule has 0 fully saturated rings. The first-order valence-corrected chi connectivity index (χ1v) is 4.26. The van der Waals surface area contributed by atoms with Gasteiger partial charge in [-0.15, -0.1) is 4.41 Å². The van der Waals surface area contributed by atoms with E-state index in [1.54, 1.807) is 0 Å². The summed E-state index contributed by atoms with van der Waals surface area (Å²) in [5.41, 5.74) is 5.04. The van der Waals surface area contributed by atoms with Crippen LogP contribution in [0.15, 0.2) is 0 Å². The Balaban J connectivity index is 3.90. The van der Waals surface area contributed by atoms with Crippen LogP contribution in [0.5, 0.6) is 0 Å². The van der Waals surface area contributed by atoms with Crippen LogP contribution >= 0.6 is 0 Å². The third-order valence-corrected chi connectivity index (χ3v) is 1.81. The van der Waals surface area contributed by atoms with Crippen molar-refractivity contribution >= 4 is 10.0 Å². The van der Waals surface area contributed by atoms with E-state index in [1.165, 1.54) is 0 Å². The van der Waals surface area contributed by atoms with Crippen molar-refractivity contribution in [3.05, 3.63) is 0 Å². The molecule has 0 unspecified atom stereocenters. The number of nitrogens with zero attached hydrogens (tertiary/aromatic N) is 1. The molecule has 0 saturated carbocycles. The Hall–Kier alpha value is -0.170. The van der Waals surface area contributed by atoms with Gasteiger partial charge in [0.1, 0.15) is 0 Å². The quantitative estimate of drug-likeness (QED) is 0.365. The normalized spacial score (nSPS) is 12.4. The summed E-state index contributed by atoms with van der Waals surface area (Å²) in [6.45, 7) is 0.405. The fraction of sp³-hybridized carbons (Fsp3) is 1.00. The number of sulfonamides is 1. The molecule has 0 aliphatic heterocycles. The minimum atomic E-state index is -3.23. The van der Waals surface area contributed by atoms with Crippen molar-refractivity contribution in [3.63, 3.8) is 0 Å². The monoisotopic (exact) mass is 153 g/mol. The Bertz CT molecular complexity index is 164. The molecule has 56 valence electrons. The number of hydrogen-bond donors (Lipinski definition) is 2. The number of rotatable bonds is 3. The number of nitrogens with two attached hydrogens (primary N) is 2. The van der Waals surface area contributed by atoms with E-state index in [1.807, 2.05) is 0 Å². The zero-order valence-corrected chi connectivity index (χ0v) is 6.06. The average molecular weight is 153 g/mol. The second-order valence-corrected chi connectivity index (χ2v) is 3.60. The van der Waals surface area contributed by atoms with Gasteiger partial charge in [0.2, 0.25) is 10.0 Å². The summed E-state index contributed by atoms with van der Waals surface area (Å²) in [6, 6.07) is 0. The molecule has 6 heteroatoms. The van der Waals surface area contributed by atoms with Crippen LogP contribution in [0.3, 0.4) is 0 Å². The Kier molecular flexibility index (Phi) is 3.06. The van der Waals surface area contributed by atoms with Crippen molar-refractivity contribution < 1.29 is 8.42 Å². The van der Waals surface area contributed by atoms with E-state index in [0.717, 1.165) is 6.26 Å². The summed E-state index contributed by atoms with van der Waals surface area (Å²) in [6.07, 6.45) is 1.03. The van der Waals surface area contributed by atoms with Crippen LogP contribution in [0.2, 0.25) is 0 Å². The summed E-state index contributed by atoms with van der Waals surface area (Å²) in [5.74, 6) is 5.03. The van der Waals surface area contributed by atoms with Gasteiger partial charge in [-0.3, -0.25) is 5.84 Å². The van der Waals surface area contributed by atoms with Crippen LogP contribution in [-0.4, -0.2) is 32.2 Å². The minimum Gasteiger partial charge on any atom is -0.329 e. The molecule has 0 aliphatic rings. The molecular weight excluding hydrogens is 142 g/mol. The van der Waals surface area contributed by atoms with E-state index < -0.39 is 10.0 Å². The van der Waals surface area contributed by atoms with Gasteiger partial charge in [-0.1, -0.05) is 0 Å². The molecule has 0 rings (SSSR count). The highest BCUT2D eigenvalue weighted by Gasteiger charge is 2.08. The Morgan fingerprint density at radius 1 is 1.56 bits per heavy atom. The predicted octanol–water partition coefficient (Wildman–Crippen LogP) is -1.92. The van der Waals surface area contributed by atoms with Crippen LogP contribution in [0.25, 0.3) is 0 Å². The highest BCUT2D eigenvalue weighted by Crippen LogP contribution is 1.84. The average Bonchev–Trinajstić information content (AvgIpc) is 1.64. The van der Waals surface area contributed by atoms with Crippen LogP contribution < -0.4 is 11.6 Å². The maximum Gasteiger partial charge on any atom is 0.223 e. The molecule has 0 saturated heterocycles. The SMILES string of the molecule is CS(=O)(=O)N(N)CCN. The summed E-state index contributed by atoms with van der Waals surface area (Å²) in [4.78, 5) is 0. The zero-order chi connectivity index (χ0) is 7.49. The van der Waals surface area contributed by atoms with Gasteiger partial charge in [0, 0.05) is 13.1 Å². The predicted molar refractivity (Wildman–Crippen MR) is 34.8 cm³/mol. The van der Waals surface area contributed by atoms with Crippen molar-refractivity contribution in [2.24, 2.45) is 11.6 Å². The van der Waals surface area contributed by atoms with Gasteiger partial charge in [0.15, 0.2) is 0 Å². The third-order valence-electron chi connectivity index (χ3n) is 0.775. The van der Waals surface area contributed by atoms with Crippen molar-refractivity contribution in [2.45, 2.75) is 0 Å². The molecule has 4 N–H and O–H groups in total. The Morgan fingerprint density at radius 3 is 2.11 bits per heavy atom. The van der Waals surface area contributed by atoms with Crippen LogP contribution in [0.4, 0.5) is 0 Å². The van der Waals surface area contributed by atoms with Crippen LogP contribution in [-0.2, 0) is 10.0 Å². The first-order valence-electron chi connectivity index (χ1n) is 2.41. The van der Waals surface area contributed by atoms with Gasteiger partial charge < -0.3 is 5.73 Å². The summed E-state index contributed by atoms with van der Waals surface area (Å²) in [7, 11) is -3.23. The lowest BCUT2D eigenvalue weighted by Crippen LogP contribution is -2.39. The summed E-state index contributed by atoms with van der Waals surface area (Å²) >= 11 is 0. The molecule has 0 aromatic rings. The molecule has 0 amide bonds. The van der Waals surface area contributed by atoms with E-state index in [4.69, 9.17) is 11.6 Å². The lowest BCUT2D eigenvalue weighted by Gasteiger charge is -2.10. The standard InChI is InChI=1S/C3H11N3O2S/c1-9(7,8)6(5)3-2-4/h2-5H2,1H3. The lowest BCUT2D eigenvalue weighted by atomic mass is 10.7. The van der Waals surface area contributed by atoms with Gasteiger partial charge in [-0.25, -0.2) is 8.42 Å². The molecule has 0 heterocycles. The summed E-state index contributed by atoms with van der Waals surface area (Å²) < 4.78 is 21.6. The van der Waals surface area contributed by atoms with Gasteiger partial charge >= 0.3 is 0 Å². The van der Waals surface area contributed by atoms with E-state index in [9.17, 15) is 8.42 Å². The van der Waals surface area contributed by atoms with Crippen molar-refractivity contribution in [2.75, 3.05) is 19.3 Å². The first kappa shape index (κ1) is 8.83. The minimum absolute atomic E-state index is 0.166. The number of hydrogen-bond acceptors (Lipinski definition) is 4. The fourth-order valence-corrected chi connectivity index (χ4v) is 0.730. The van der Waals surface area contributed by atoms with E-state index >= 15 is 0 Å². The lowest BCUT2D eigenvalue weighted by molar-refractivity contribution is 0.439. The highest BCUT2D eigenvalue weighted by atomic mass is 32.2. The maximum absolute atomic E-state index is 10.5. The molecule has 0 atom stereocenters. The van der Waals surface area contributed by atoms with Crippen molar-refractivity contribution in [3.8, 4) is 0 Å². The smallest absolute Gasteiger partial charge is 0.223 e. The van der Waals surface area contributed by atoms with Gasteiger partial charge in [0.05, 0.1) is 6.26 Å². The Labute approximate surface area is 54.6 Å². The molecule has 0 spiro atoms. The van der Waals surface area contributed by atoms with Crippen LogP contribution in [0, 0.1) is 0 Å². The molecule has 0 aromatic heterocycles. The van der Waals surface area contributed by atoms with Crippen molar-refractivity contribution in [1.29, 1.82) is 0 Å². The van der Waals surface area contributed by atoms with Gasteiger partial charge in [-0.2, -0.15) is 0 Å². The van der Waals surface area contributed by atoms with E-state index in [0.29, 0.717) is 4.41 Å². The van der Waals surface area contributed by atoms with Gasteiger partial charge in [-0.05, 0) is 0 Å². The second kappa shape index (κ2) is 3.11. The van der Waals surface area contributed by atoms with Crippen LogP contribution in [0.1, 0.15) is 0 Å². The molecule has 0 aromatic carbocycles. The van der Waals surface area contributed by atoms with Crippen molar-refractivity contribution in [1.82, 2.24) is 4.41 Å². The van der Waals surface area contributed by atoms with E-state index in [-0.39, 0.29) is 13.1 Å². The number of hydrazine groups is 1. The zero-order valence-electron chi connectivity index (χ0n) is 5.24. The second-order valence-electron chi connectivity index (χ2n) is 1.66. The largest absolute Gasteiger partial charge is 0.329 e. The molecule has 9 heavy (non-hydrogen) atoms. The first-order chi connectivity index (χ1) is 3.98.